The molecule has 2 nitrogen and oxygen atoms in total. The maximum absolute atomic E-state index is 12.6. The monoisotopic (exact) mass is 374 g/mol. The molecule has 0 bridgehead atoms. The Hall–Kier alpha value is -1.52. The molecule has 1 heterocycles. The molecular weight excluding hydrogens is 365 g/mol. The van der Waals surface area contributed by atoms with Gasteiger partial charge in [-0.2, -0.15) is 18.4 Å². The average molecular weight is 375 g/mol. The lowest BCUT2D eigenvalue weighted by molar-refractivity contribution is -0.137. The summed E-state index contributed by atoms with van der Waals surface area (Å²) in [5, 5.41) is 14.0. The summed E-state index contributed by atoms with van der Waals surface area (Å²) in [6.45, 7) is 1.89. The number of nitriles is 1. The molecule has 0 spiro atoms. The zero-order valence-electron chi connectivity index (χ0n) is 10.8. The van der Waals surface area contributed by atoms with Crippen molar-refractivity contribution in [3.8, 4) is 6.07 Å². The number of hydrogen-bond donors (Lipinski definition) is 1. The predicted molar refractivity (Wildman–Crippen MR) is 80.2 cm³/mol. The maximum atomic E-state index is 12.6. The molecule has 1 aromatic carbocycles. The Kier molecular flexibility index (Phi) is 4.59. The van der Waals surface area contributed by atoms with Gasteiger partial charge in [0.15, 0.2) is 0 Å². The van der Waals surface area contributed by atoms with E-state index < -0.39 is 11.7 Å². The molecule has 1 unspecified atom stereocenters. The molecule has 0 aliphatic rings. The van der Waals surface area contributed by atoms with Crippen LogP contribution in [0.4, 0.5) is 18.9 Å². The third kappa shape index (κ3) is 3.77. The molecular formula is C14H10BrF3N2S. The van der Waals surface area contributed by atoms with Crippen LogP contribution >= 0.6 is 27.3 Å². The number of halogens is 4. The average Bonchev–Trinajstić information content (AvgIpc) is 2.84. The van der Waals surface area contributed by atoms with Crippen LogP contribution < -0.4 is 5.32 Å². The molecule has 0 saturated carbocycles. The summed E-state index contributed by atoms with van der Waals surface area (Å²) in [6.07, 6.45) is -4.45. The molecule has 0 amide bonds. The second-order valence-corrected chi connectivity index (χ2v) is 6.26. The SMILES string of the molecule is CC(Nc1ccc(C(F)(F)F)cc1C#N)c1cc(Br)cs1. The van der Waals surface area contributed by atoms with E-state index in [4.69, 9.17) is 5.26 Å². The smallest absolute Gasteiger partial charge is 0.377 e. The van der Waals surface area contributed by atoms with Crippen molar-refractivity contribution in [3.63, 3.8) is 0 Å². The van der Waals surface area contributed by atoms with Crippen LogP contribution in [0, 0.1) is 11.3 Å². The third-order valence-electron chi connectivity index (χ3n) is 2.85. The third-order valence-corrected chi connectivity index (χ3v) is 4.73. The van der Waals surface area contributed by atoms with E-state index in [1.807, 2.05) is 18.4 Å². The van der Waals surface area contributed by atoms with Crippen molar-refractivity contribution < 1.29 is 13.2 Å². The van der Waals surface area contributed by atoms with Gasteiger partial charge in [0, 0.05) is 14.7 Å². The number of alkyl halides is 3. The first-order valence-corrected chi connectivity index (χ1v) is 7.60. The van der Waals surface area contributed by atoms with E-state index in [1.165, 1.54) is 17.4 Å². The fourth-order valence-corrected chi connectivity index (χ4v) is 3.25. The van der Waals surface area contributed by atoms with Gasteiger partial charge in [0.25, 0.3) is 0 Å². The van der Waals surface area contributed by atoms with Crippen LogP contribution in [0.15, 0.2) is 34.1 Å². The maximum Gasteiger partial charge on any atom is 0.416 e. The van der Waals surface area contributed by atoms with E-state index in [9.17, 15) is 13.2 Å². The van der Waals surface area contributed by atoms with Crippen LogP contribution in [0.1, 0.15) is 29.0 Å². The second kappa shape index (κ2) is 6.08. The molecule has 0 radical (unpaired) electrons. The second-order valence-electron chi connectivity index (χ2n) is 4.40. The minimum Gasteiger partial charge on any atom is -0.377 e. The van der Waals surface area contributed by atoms with E-state index in [0.29, 0.717) is 5.69 Å². The highest BCUT2D eigenvalue weighted by Gasteiger charge is 2.31. The van der Waals surface area contributed by atoms with Crippen molar-refractivity contribution >= 4 is 33.0 Å². The largest absolute Gasteiger partial charge is 0.416 e. The zero-order chi connectivity index (χ0) is 15.6. The fourth-order valence-electron chi connectivity index (χ4n) is 1.80. The predicted octanol–water partition coefficient (Wildman–Crippen LogP) is 5.57. The Morgan fingerprint density at radius 2 is 2.05 bits per heavy atom. The van der Waals surface area contributed by atoms with Crippen LogP contribution in [-0.4, -0.2) is 0 Å². The number of thiophene rings is 1. The minimum absolute atomic E-state index is 0.0210. The van der Waals surface area contributed by atoms with E-state index in [0.717, 1.165) is 21.5 Å². The molecule has 2 aromatic rings. The van der Waals surface area contributed by atoms with Gasteiger partial charge in [-0.3, -0.25) is 0 Å². The summed E-state index contributed by atoms with van der Waals surface area (Å²) >= 11 is 4.88. The van der Waals surface area contributed by atoms with Crippen LogP contribution in [0.2, 0.25) is 0 Å². The summed E-state index contributed by atoms with van der Waals surface area (Å²) < 4.78 is 38.8. The minimum atomic E-state index is -4.45. The van der Waals surface area contributed by atoms with Crippen LogP contribution in [0.3, 0.4) is 0 Å². The quantitative estimate of drug-likeness (QED) is 0.761. The molecule has 1 aromatic heterocycles. The van der Waals surface area contributed by atoms with Crippen molar-refractivity contribution in [1.82, 2.24) is 0 Å². The highest BCUT2D eigenvalue weighted by Crippen LogP contribution is 2.33. The molecule has 0 aliphatic carbocycles. The van der Waals surface area contributed by atoms with Gasteiger partial charge in [-0.25, -0.2) is 0 Å². The van der Waals surface area contributed by atoms with Crippen LogP contribution in [-0.2, 0) is 6.18 Å². The van der Waals surface area contributed by atoms with E-state index in [2.05, 4.69) is 21.2 Å². The molecule has 0 aliphatic heterocycles. The molecule has 21 heavy (non-hydrogen) atoms. The Balaban J connectivity index is 2.26. The van der Waals surface area contributed by atoms with Gasteiger partial charge < -0.3 is 5.32 Å². The van der Waals surface area contributed by atoms with Crippen molar-refractivity contribution in [2.45, 2.75) is 19.1 Å². The summed E-state index contributed by atoms with van der Waals surface area (Å²) in [5.41, 5.74) is -0.453. The van der Waals surface area contributed by atoms with Gasteiger partial charge in [-0.1, -0.05) is 0 Å². The summed E-state index contributed by atoms with van der Waals surface area (Å²) in [6, 6.07) is 6.75. The number of nitrogens with zero attached hydrogens (tertiary/aromatic N) is 1. The van der Waals surface area contributed by atoms with Gasteiger partial charge >= 0.3 is 6.18 Å². The molecule has 2 rings (SSSR count). The van der Waals surface area contributed by atoms with Crippen molar-refractivity contribution in [3.05, 3.63) is 50.1 Å². The van der Waals surface area contributed by atoms with Gasteiger partial charge in [0.2, 0.25) is 0 Å². The molecule has 0 saturated heterocycles. The Bertz CT molecular complexity index is 688. The van der Waals surface area contributed by atoms with Gasteiger partial charge in [-0.15, -0.1) is 11.3 Å². The van der Waals surface area contributed by atoms with Crippen LogP contribution in [0.5, 0.6) is 0 Å². The topological polar surface area (TPSA) is 35.8 Å². The van der Waals surface area contributed by atoms with Crippen molar-refractivity contribution in [2.24, 2.45) is 0 Å². The molecule has 1 atom stereocenters. The standard InChI is InChI=1S/C14H10BrF3N2S/c1-8(13-5-11(15)7-21-13)20-12-3-2-10(14(16,17)18)4-9(12)6-19/h2-5,7-8,20H,1H3. The van der Waals surface area contributed by atoms with Crippen LogP contribution in [0.25, 0.3) is 0 Å². The normalized spacial score (nSPS) is 12.8. The van der Waals surface area contributed by atoms with Gasteiger partial charge in [-0.05, 0) is 47.1 Å². The summed E-state index contributed by atoms with van der Waals surface area (Å²) in [4.78, 5) is 1.02. The lowest BCUT2D eigenvalue weighted by Crippen LogP contribution is -2.09. The molecule has 0 fully saturated rings. The molecule has 110 valence electrons. The fraction of sp³-hybridized carbons (Fsp3) is 0.214. The van der Waals surface area contributed by atoms with E-state index in [1.54, 1.807) is 6.07 Å². The first kappa shape index (κ1) is 15.9. The highest BCUT2D eigenvalue weighted by atomic mass is 79.9. The van der Waals surface area contributed by atoms with E-state index in [-0.39, 0.29) is 11.6 Å². The Morgan fingerprint density at radius 1 is 1.33 bits per heavy atom. The molecule has 7 heteroatoms. The van der Waals surface area contributed by atoms with Gasteiger partial charge in [0.1, 0.15) is 6.07 Å². The lowest BCUT2D eigenvalue weighted by atomic mass is 10.1. The molecule has 1 N–H and O–H groups in total. The number of nitrogens with one attached hydrogen (secondary N) is 1. The number of hydrogen-bond acceptors (Lipinski definition) is 3. The summed E-state index contributed by atoms with van der Waals surface area (Å²) in [7, 11) is 0. The number of rotatable bonds is 3. The zero-order valence-corrected chi connectivity index (χ0v) is 13.2. The number of anilines is 1. The lowest BCUT2D eigenvalue weighted by Gasteiger charge is -2.16. The first-order chi connectivity index (χ1) is 9.81. The highest BCUT2D eigenvalue weighted by molar-refractivity contribution is 9.10. The van der Waals surface area contributed by atoms with Gasteiger partial charge in [0.05, 0.1) is 22.9 Å². The first-order valence-electron chi connectivity index (χ1n) is 5.93. The summed E-state index contributed by atoms with van der Waals surface area (Å²) in [5.74, 6) is 0. The van der Waals surface area contributed by atoms with Crippen molar-refractivity contribution in [1.29, 1.82) is 5.26 Å². The van der Waals surface area contributed by atoms with Crippen molar-refractivity contribution in [2.75, 3.05) is 5.32 Å². The Labute approximate surface area is 132 Å². The van der Waals surface area contributed by atoms with E-state index >= 15 is 0 Å². The number of benzene rings is 1. The Morgan fingerprint density at radius 3 is 2.57 bits per heavy atom.